The van der Waals surface area contributed by atoms with Crippen molar-refractivity contribution in [3.63, 3.8) is 0 Å². The van der Waals surface area contributed by atoms with Crippen molar-refractivity contribution >= 4 is 23.5 Å². The minimum Gasteiger partial charge on any atom is -0.478 e. The van der Waals surface area contributed by atoms with E-state index in [1.165, 1.54) is 24.8 Å². The van der Waals surface area contributed by atoms with Crippen molar-refractivity contribution in [2.45, 2.75) is 56.6 Å². The summed E-state index contributed by atoms with van der Waals surface area (Å²) in [6.07, 6.45) is 5.53. The fraction of sp³-hybridized carbons (Fsp3) is 0.524. The number of nitrogens with zero attached hydrogens (tertiary/aromatic N) is 1. The van der Waals surface area contributed by atoms with Gasteiger partial charge in [0.1, 0.15) is 0 Å². The number of hydrogen-bond acceptors (Lipinski definition) is 4. The zero-order valence-corrected chi connectivity index (χ0v) is 17.6. The molecule has 0 aromatic heterocycles. The summed E-state index contributed by atoms with van der Waals surface area (Å²) in [4.78, 5) is 21.4. The maximum Gasteiger partial charge on any atom is 0.328 e. The standard InChI is InChI=1S/C17H26ClNO.C4H4O4/c1-16(2,20)12-15(19(3)4)17(10-5-11-17)13-6-8-14(18)9-7-13;5-3(6)1-2-4(7)8/h6-9,15,20H,5,10-12H2,1-4H3;1-2H,(H,5,6)(H,7,8)/b;2-1-. The predicted molar refractivity (Wildman–Crippen MR) is 110 cm³/mol. The first kappa shape index (κ1) is 24.1. The van der Waals surface area contributed by atoms with Gasteiger partial charge in [-0.2, -0.15) is 0 Å². The van der Waals surface area contributed by atoms with E-state index in [4.69, 9.17) is 21.8 Å². The first-order valence-electron chi connectivity index (χ1n) is 9.16. The van der Waals surface area contributed by atoms with Gasteiger partial charge in [-0.3, -0.25) is 0 Å². The molecule has 0 amide bonds. The molecule has 7 heteroatoms. The molecule has 1 unspecified atom stereocenters. The summed E-state index contributed by atoms with van der Waals surface area (Å²) in [6, 6.07) is 8.61. The van der Waals surface area contributed by atoms with E-state index in [1.807, 2.05) is 26.0 Å². The lowest BCUT2D eigenvalue weighted by molar-refractivity contribution is -0.134. The summed E-state index contributed by atoms with van der Waals surface area (Å²) < 4.78 is 0. The maximum atomic E-state index is 10.3. The Kier molecular flexibility index (Phi) is 8.67. The molecule has 1 aliphatic rings. The highest BCUT2D eigenvalue weighted by molar-refractivity contribution is 6.30. The fourth-order valence-electron chi connectivity index (χ4n) is 3.64. The van der Waals surface area contributed by atoms with Crippen LogP contribution < -0.4 is 0 Å². The molecule has 1 aromatic carbocycles. The van der Waals surface area contributed by atoms with E-state index in [1.54, 1.807) is 0 Å². The van der Waals surface area contributed by atoms with Gasteiger partial charge in [-0.05, 0) is 64.9 Å². The first-order chi connectivity index (χ1) is 12.9. The van der Waals surface area contributed by atoms with Crippen molar-refractivity contribution in [3.05, 3.63) is 47.0 Å². The summed E-state index contributed by atoms with van der Waals surface area (Å²) in [5.74, 6) is -2.51. The SMILES string of the molecule is CN(C)C(CC(C)(C)O)C1(c2ccc(Cl)cc2)CCC1.O=C(O)/C=C\C(=O)O. The third kappa shape index (κ3) is 7.26. The van der Waals surface area contributed by atoms with E-state index in [2.05, 4.69) is 31.1 Å². The maximum absolute atomic E-state index is 10.3. The van der Waals surface area contributed by atoms with Crippen LogP contribution in [-0.2, 0) is 15.0 Å². The molecule has 156 valence electrons. The molecule has 1 aliphatic carbocycles. The first-order valence-corrected chi connectivity index (χ1v) is 9.54. The minimum atomic E-state index is -1.26. The minimum absolute atomic E-state index is 0.161. The summed E-state index contributed by atoms with van der Waals surface area (Å²) >= 11 is 6.02. The molecular formula is C21H30ClNO5. The van der Waals surface area contributed by atoms with Crippen LogP contribution in [0.5, 0.6) is 0 Å². The molecule has 1 atom stereocenters. The summed E-state index contributed by atoms with van der Waals surface area (Å²) in [5, 5.41) is 26.7. The lowest BCUT2D eigenvalue weighted by Gasteiger charge is -2.52. The number of likely N-dealkylation sites (N-methyl/N-ethyl adjacent to an activating group) is 1. The van der Waals surface area contributed by atoms with Gasteiger partial charge in [0.2, 0.25) is 0 Å². The van der Waals surface area contributed by atoms with Gasteiger partial charge in [0, 0.05) is 28.6 Å². The van der Waals surface area contributed by atoms with Crippen molar-refractivity contribution < 1.29 is 24.9 Å². The van der Waals surface area contributed by atoms with Gasteiger partial charge < -0.3 is 20.2 Å². The van der Waals surface area contributed by atoms with E-state index < -0.39 is 17.5 Å². The highest BCUT2D eigenvalue weighted by Crippen LogP contribution is 2.49. The number of hydrogen-bond donors (Lipinski definition) is 3. The molecule has 6 nitrogen and oxygen atoms in total. The van der Waals surface area contributed by atoms with Gasteiger partial charge in [0.25, 0.3) is 0 Å². The zero-order valence-electron chi connectivity index (χ0n) is 16.9. The average molecular weight is 412 g/mol. The molecule has 0 saturated heterocycles. The molecule has 1 fully saturated rings. The van der Waals surface area contributed by atoms with Gasteiger partial charge in [-0.25, -0.2) is 9.59 Å². The highest BCUT2D eigenvalue weighted by atomic mass is 35.5. The van der Waals surface area contributed by atoms with Crippen LogP contribution >= 0.6 is 11.6 Å². The molecule has 2 rings (SSSR count). The molecule has 0 bridgehead atoms. The number of carboxylic acids is 2. The lowest BCUT2D eigenvalue weighted by Crippen LogP contribution is -2.54. The Morgan fingerprint density at radius 3 is 1.89 bits per heavy atom. The Bertz CT molecular complexity index is 672. The number of aliphatic hydroxyl groups is 1. The van der Waals surface area contributed by atoms with Crippen molar-refractivity contribution in [1.29, 1.82) is 0 Å². The Morgan fingerprint density at radius 2 is 1.61 bits per heavy atom. The topological polar surface area (TPSA) is 98.1 Å². The zero-order chi connectivity index (χ0) is 21.5. The molecule has 28 heavy (non-hydrogen) atoms. The Hall–Kier alpha value is -1.89. The molecule has 3 N–H and O–H groups in total. The molecule has 0 spiro atoms. The average Bonchev–Trinajstić information content (AvgIpc) is 2.52. The number of carbonyl (C=O) groups is 2. The van der Waals surface area contributed by atoms with Crippen LogP contribution in [0.4, 0.5) is 0 Å². The molecule has 0 heterocycles. The van der Waals surface area contributed by atoms with Crippen LogP contribution in [0, 0.1) is 0 Å². The summed E-state index contributed by atoms with van der Waals surface area (Å²) in [7, 11) is 4.23. The van der Waals surface area contributed by atoms with E-state index in [9.17, 15) is 14.7 Å². The van der Waals surface area contributed by atoms with Crippen molar-refractivity contribution in [1.82, 2.24) is 4.90 Å². The number of halogens is 1. The van der Waals surface area contributed by atoms with Crippen LogP contribution in [-0.4, -0.2) is 57.9 Å². The van der Waals surface area contributed by atoms with Gasteiger partial charge in [0.05, 0.1) is 5.60 Å². The number of rotatable bonds is 7. The predicted octanol–water partition coefficient (Wildman–Crippen LogP) is 3.56. The number of aliphatic carboxylic acids is 2. The third-order valence-corrected chi connectivity index (χ3v) is 5.24. The Morgan fingerprint density at radius 1 is 1.14 bits per heavy atom. The Labute approximate surface area is 171 Å². The van der Waals surface area contributed by atoms with E-state index in [-0.39, 0.29) is 5.41 Å². The quantitative estimate of drug-likeness (QED) is 0.593. The van der Waals surface area contributed by atoms with E-state index in [0.29, 0.717) is 18.2 Å². The largest absolute Gasteiger partial charge is 0.478 e. The van der Waals surface area contributed by atoms with Crippen LogP contribution in [0.15, 0.2) is 36.4 Å². The Balaban J connectivity index is 0.000000416. The number of carboxylic acid groups (broad SMARTS) is 2. The van der Waals surface area contributed by atoms with Crippen LogP contribution in [0.1, 0.15) is 45.1 Å². The molecule has 1 saturated carbocycles. The van der Waals surface area contributed by atoms with E-state index >= 15 is 0 Å². The second-order valence-corrected chi connectivity index (χ2v) is 8.46. The van der Waals surface area contributed by atoms with Crippen molar-refractivity contribution in [3.8, 4) is 0 Å². The van der Waals surface area contributed by atoms with Crippen LogP contribution in [0.25, 0.3) is 0 Å². The third-order valence-electron chi connectivity index (χ3n) is 4.99. The molecule has 0 radical (unpaired) electrons. The van der Waals surface area contributed by atoms with Crippen molar-refractivity contribution in [2.24, 2.45) is 0 Å². The second-order valence-electron chi connectivity index (χ2n) is 8.02. The smallest absolute Gasteiger partial charge is 0.328 e. The normalized spacial score (nSPS) is 16.8. The summed E-state index contributed by atoms with van der Waals surface area (Å²) in [5.41, 5.74) is 0.869. The fourth-order valence-corrected chi connectivity index (χ4v) is 3.77. The molecule has 1 aromatic rings. The molecule has 0 aliphatic heterocycles. The number of benzene rings is 1. The van der Waals surface area contributed by atoms with E-state index in [0.717, 1.165) is 11.4 Å². The van der Waals surface area contributed by atoms with Crippen molar-refractivity contribution in [2.75, 3.05) is 14.1 Å². The monoisotopic (exact) mass is 411 g/mol. The van der Waals surface area contributed by atoms with Gasteiger partial charge >= 0.3 is 11.9 Å². The lowest BCUT2D eigenvalue weighted by atomic mass is 9.58. The second kappa shape index (κ2) is 10.0. The summed E-state index contributed by atoms with van der Waals surface area (Å²) in [6.45, 7) is 3.80. The molecular weight excluding hydrogens is 382 g/mol. The van der Waals surface area contributed by atoms with Gasteiger partial charge in [-0.15, -0.1) is 0 Å². The van der Waals surface area contributed by atoms with Gasteiger partial charge in [0.15, 0.2) is 0 Å². The van der Waals surface area contributed by atoms with Crippen LogP contribution in [0.3, 0.4) is 0 Å². The highest BCUT2D eigenvalue weighted by Gasteiger charge is 2.47. The van der Waals surface area contributed by atoms with Gasteiger partial charge in [-0.1, -0.05) is 30.2 Å². The van der Waals surface area contributed by atoms with Crippen LogP contribution in [0.2, 0.25) is 5.02 Å².